The van der Waals surface area contributed by atoms with E-state index in [1.807, 2.05) is 0 Å². The Balaban J connectivity index is 2.28. The number of ether oxygens (including phenoxy) is 1. The number of nitrogens with one attached hydrogen (secondary N) is 1. The lowest BCUT2D eigenvalue weighted by atomic mass is 9.81. The Hall–Kier alpha value is -1.62. The van der Waals surface area contributed by atoms with E-state index in [9.17, 15) is 14.3 Å². The lowest BCUT2D eigenvalue weighted by Gasteiger charge is -2.28. The predicted octanol–water partition coefficient (Wildman–Crippen LogP) is 2.00. The molecule has 1 aliphatic rings. The minimum atomic E-state index is -0.904. The molecule has 2 unspecified atom stereocenters. The number of rotatable bonds is 4. The van der Waals surface area contributed by atoms with E-state index in [1.54, 1.807) is 6.07 Å². The number of carboxylic acids is 1. The molecule has 1 heterocycles. The number of halogens is 1. The smallest absolute Gasteiger partial charge is 0.311 e. The van der Waals surface area contributed by atoms with E-state index in [1.165, 1.54) is 19.2 Å². The monoisotopic (exact) mass is 267 g/mol. The van der Waals surface area contributed by atoms with Crippen molar-refractivity contribution in [3.63, 3.8) is 0 Å². The van der Waals surface area contributed by atoms with Crippen LogP contribution in [0.25, 0.3) is 0 Å². The maximum absolute atomic E-state index is 13.7. The largest absolute Gasteiger partial charge is 0.494 e. The first kappa shape index (κ1) is 13.8. The highest BCUT2D eigenvalue weighted by atomic mass is 19.1. The van der Waals surface area contributed by atoms with Crippen LogP contribution in [0.5, 0.6) is 5.75 Å². The fraction of sp³-hybridized carbons (Fsp3) is 0.500. The molecule has 0 spiro atoms. The van der Waals surface area contributed by atoms with Crippen LogP contribution < -0.4 is 10.1 Å². The van der Waals surface area contributed by atoms with Gasteiger partial charge in [-0.2, -0.15) is 0 Å². The Morgan fingerprint density at radius 1 is 1.58 bits per heavy atom. The molecule has 0 amide bonds. The molecule has 0 radical (unpaired) electrons. The Morgan fingerprint density at radius 3 is 2.89 bits per heavy atom. The molecule has 0 saturated carbocycles. The van der Waals surface area contributed by atoms with Crippen molar-refractivity contribution in [3.05, 3.63) is 29.6 Å². The number of methoxy groups -OCH3 is 1. The van der Waals surface area contributed by atoms with Gasteiger partial charge in [-0.1, -0.05) is 6.07 Å². The molecule has 1 aromatic rings. The van der Waals surface area contributed by atoms with E-state index >= 15 is 0 Å². The third kappa shape index (κ3) is 3.04. The van der Waals surface area contributed by atoms with Gasteiger partial charge in [0.1, 0.15) is 0 Å². The lowest BCUT2D eigenvalue weighted by molar-refractivity contribution is -0.140. The molecule has 1 aromatic carbocycles. The van der Waals surface area contributed by atoms with Crippen molar-refractivity contribution in [1.29, 1.82) is 0 Å². The van der Waals surface area contributed by atoms with E-state index in [0.717, 1.165) is 19.4 Å². The predicted molar refractivity (Wildman–Crippen MR) is 68.9 cm³/mol. The molecular weight excluding hydrogens is 249 g/mol. The Bertz CT molecular complexity index is 458. The van der Waals surface area contributed by atoms with E-state index < -0.39 is 17.7 Å². The standard InChI is InChI=1S/C14H18FNO3/c1-19-12-5-4-9(7-11(12)15)13(14(17)18)10-3-2-6-16-8-10/h4-5,7,10,13,16H,2-3,6,8H2,1H3,(H,17,18). The fourth-order valence-corrected chi connectivity index (χ4v) is 2.66. The van der Waals surface area contributed by atoms with Gasteiger partial charge in [0.15, 0.2) is 11.6 Å². The van der Waals surface area contributed by atoms with E-state index in [-0.39, 0.29) is 11.7 Å². The molecule has 1 fully saturated rings. The van der Waals surface area contributed by atoms with Gasteiger partial charge in [0, 0.05) is 0 Å². The van der Waals surface area contributed by atoms with Crippen LogP contribution in [0, 0.1) is 11.7 Å². The minimum absolute atomic E-state index is 0.000884. The maximum atomic E-state index is 13.7. The molecular formula is C14H18FNO3. The van der Waals surface area contributed by atoms with Gasteiger partial charge in [0.05, 0.1) is 13.0 Å². The normalized spacial score (nSPS) is 20.8. The van der Waals surface area contributed by atoms with Crippen LogP contribution in [0.4, 0.5) is 4.39 Å². The van der Waals surface area contributed by atoms with Crippen LogP contribution in [0.1, 0.15) is 24.3 Å². The van der Waals surface area contributed by atoms with Crippen molar-refractivity contribution >= 4 is 5.97 Å². The summed E-state index contributed by atoms with van der Waals surface area (Å²) in [4.78, 5) is 11.5. The van der Waals surface area contributed by atoms with Crippen LogP contribution in [0.3, 0.4) is 0 Å². The van der Waals surface area contributed by atoms with Crippen molar-refractivity contribution in [1.82, 2.24) is 5.32 Å². The average Bonchev–Trinajstić information content (AvgIpc) is 2.40. The van der Waals surface area contributed by atoms with Crippen molar-refractivity contribution in [3.8, 4) is 5.75 Å². The lowest BCUT2D eigenvalue weighted by Crippen LogP contribution is -2.36. The second-order valence-electron chi connectivity index (χ2n) is 4.82. The highest BCUT2D eigenvalue weighted by Crippen LogP contribution is 2.32. The number of aliphatic carboxylic acids is 1. The molecule has 0 aromatic heterocycles. The summed E-state index contributed by atoms with van der Waals surface area (Å²) >= 11 is 0. The molecule has 2 N–H and O–H groups in total. The molecule has 5 heteroatoms. The summed E-state index contributed by atoms with van der Waals surface area (Å²) in [7, 11) is 1.39. The number of carboxylic acid groups (broad SMARTS) is 1. The van der Waals surface area contributed by atoms with E-state index in [2.05, 4.69) is 5.32 Å². The van der Waals surface area contributed by atoms with Crippen LogP contribution in [0.15, 0.2) is 18.2 Å². The van der Waals surface area contributed by atoms with E-state index in [0.29, 0.717) is 12.1 Å². The zero-order valence-corrected chi connectivity index (χ0v) is 10.9. The summed E-state index contributed by atoms with van der Waals surface area (Å²) in [6, 6.07) is 4.39. The number of carbonyl (C=O) groups is 1. The van der Waals surface area contributed by atoms with Crippen LogP contribution in [-0.4, -0.2) is 31.3 Å². The Labute approximate surface area is 111 Å². The van der Waals surface area contributed by atoms with Gasteiger partial charge in [-0.05, 0) is 49.5 Å². The number of hydrogen-bond donors (Lipinski definition) is 2. The zero-order chi connectivity index (χ0) is 13.8. The average molecular weight is 267 g/mol. The summed E-state index contributed by atoms with van der Waals surface area (Å²) in [6.45, 7) is 1.57. The molecule has 4 nitrogen and oxygen atoms in total. The van der Waals surface area contributed by atoms with Gasteiger partial charge in [0.2, 0.25) is 0 Å². The topological polar surface area (TPSA) is 58.6 Å². The summed E-state index contributed by atoms with van der Waals surface area (Å²) in [5, 5.41) is 12.6. The highest BCUT2D eigenvalue weighted by molar-refractivity contribution is 5.76. The minimum Gasteiger partial charge on any atom is -0.494 e. The molecule has 0 aliphatic carbocycles. The molecule has 2 rings (SSSR count). The Morgan fingerprint density at radius 2 is 2.37 bits per heavy atom. The van der Waals surface area contributed by atoms with Crippen molar-refractivity contribution in [2.75, 3.05) is 20.2 Å². The molecule has 1 saturated heterocycles. The zero-order valence-electron chi connectivity index (χ0n) is 10.9. The Kier molecular flexibility index (Phi) is 4.37. The summed E-state index contributed by atoms with van der Waals surface area (Å²) < 4.78 is 18.6. The number of piperidine rings is 1. The maximum Gasteiger partial charge on any atom is 0.311 e. The van der Waals surface area contributed by atoms with E-state index in [4.69, 9.17) is 4.74 Å². The molecule has 104 valence electrons. The first-order chi connectivity index (χ1) is 9.13. The van der Waals surface area contributed by atoms with Gasteiger partial charge in [0.25, 0.3) is 0 Å². The number of benzene rings is 1. The highest BCUT2D eigenvalue weighted by Gasteiger charge is 2.31. The van der Waals surface area contributed by atoms with Gasteiger partial charge in [-0.25, -0.2) is 4.39 Å². The molecule has 2 atom stereocenters. The second kappa shape index (κ2) is 6.02. The molecule has 0 bridgehead atoms. The third-order valence-corrected chi connectivity index (χ3v) is 3.61. The number of hydrogen-bond acceptors (Lipinski definition) is 3. The fourth-order valence-electron chi connectivity index (χ4n) is 2.66. The van der Waals surface area contributed by atoms with Crippen LogP contribution in [-0.2, 0) is 4.79 Å². The van der Waals surface area contributed by atoms with Crippen molar-refractivity contribution in [2.45, 2.75) is 18.8 Å². The SMILES string of the molecule is COc1ccc(C(C(=O)O)C2CCCNC2)cc1F. The van der Waals surface area contributed by atoms with Crippen molar-refractivity contribution in [2.24, 2.45) is 5.92 Å². The summed E-state index contributed by atoms with van der Waals surface area (Å²) in [5.74, 6) is -1.96. The molecule has 1 aliphatic heterocycles. The quantitative estimate of drug-likeness (QED) is 0.876. The van der Waals surface area contributed by atoms with Gasteiger partial charge in [-0.15, -0.1) is 0 Å². The summed E-state index contributed by atoms with van der Waals surface area (Å²) in [6.07, 6.45) is 1.80. The van der Waals surface area contributed by atoms with Crippen LogP contribution >= 0.6 is 0 Å². The summed E-state index contributed by atoms with van der Waals surface area (Å²) in [5.41, 5.74) is 0.500. The van der Waals surface area contributed by atoms with Gasteiger partial charge in [-0.3, -0.25) is 4.79 Å². The van der Waals surface area contributed by atoms with Crippen molar-refractivity contribution < 1.29 is 19.0 Å². The van der Waals surface area contributed by atoms with Crippen LogP contribution in [0.2, 0.25) is 0 Å². The first-order valence-corrected chi connectivity index (χ1v) is 6.40. The first-order valence-electron chi connectivity index (χ1n) is 6.40. The second-order valence-corrected chi connectivity index (χ2v) is 4.82. The molecule has 19 heavy (non-hydrogen) atoms. The third-order valence-electron chi connectivity index (χ3n) is 3.61. The van der Waals surface area contributed by atoms with Gasteiger partial charge < -0.3 is 15.2 Å². The van der Waals surface area contributed by atoms with Gasteiger partial charge >= 0.3 is 5.97 Å².